The predicted molar refractivity (Wildman–Crippen MR) is 103 cm³/mol. The molecule has 0 fully saturated rings. The Kier molecular flexibility index (Phi) is 4.34. The lowest BCUT2D eigenvalue weighted by Gasteiger charge is -2.06. The van der Waals surface area contributed by atoms with Crippen LogP contribution in [0.3, 0.4) is 0 Å². The highest BCUT2D eigenvalue weighted by Crippen LogP contribution is 2.33. The standard InChI is InChI=1S/C21H14F3NO2S/c1-2-25-16-7-5-12(19(26)18-4-3-9-28-18)10-14(16)15-11-13(6-8-17(15)25)20(27)21(22,23)24/h3-11H,2H2,1H3. The van der Waals surface area contributed by atoms with E-state index in [-0.39, 0.29) is 5.78 Å². The summed E-state index contributed by atoms with van der Waals surface area (Å²) in [5.74, 6) is -2.02. The first kappa shape index (κ1) is 18.4. The number of aryl methyl sites for hydroxylation is 1. The van der Waals surface area contributed by atoms with E-state index in [4.69, 9.17) is 0 Å². The molecule has 0 saturated heterocycles. The zero-order valence-corrected chi connectivity index (χ0v) is 15.5. The average Bonchev–Trinajstić information content (AvgIpc) is 3.31. The number of aromatic nitrogens is 1. The van der Waals surface area contributed by atoms with Crippen molar-refractivity contribution in [3.63, 3.8) is 0 Å². The number of benzene rings is 2. The van der Waals surface area contributed by atoms with Crippen molar-refractivity contribution in [1.82, 2.24) is 4.57 Å². The Balaban J connectivity index is 1.95. The lowest BCUT2D eigenvalue weighted by molar-refractivity contribution is -0.0885. The number of halogens is 3. The number of rotatable bonds is 4. The second kappa shape index (κ2) is 6.60. The number of thiophene rings is 1. The monoisotopic (exact) mass is 401 g/mol. The van der Waals surface area contributed by atoms with Crippen molar-refractivity contribution in [2.75, 3.05) is 0 Å². The molecule has 0 unspecified atom stereocenters. The lowest BCUT2D eigenvalue weighted by atomic mass is 10.0. The average molecular weight is 401 g/mol. The molecule has 3 nitrogen and oxygen atoms in total. The van der Waals surface area contributed by atoms with Crippen molar-refractivity contribution in [3.05, 3.63) is 69.9 Å². The van der Waals surface area contributed by atoms with Gasteiger partial charge in [-0.25, -0.2) is 0 Å². The van der Waals surface area contributed by atoms with Crippen molar-refractivity contribution < 1.29 is 22.8 Å². The zero-order chi connectivity index (χ0) is 20.1. The van der Waals surface area contributed by atoms with Gasteiger partial charge in [0.2, 0.25) is 5.78 Å². The van der Waals surface area contributed by atoms with Gasteiger partial charge in [0.1, 0.15) is 0 Å². The first-order chi connectivity index (χ1) is 13.3. The SMILES string of the molecule is CCn1c2ccc(C(=O)c3cccs3)cc2c2cc(C(=O)C(F)(F)F)ccc21. The predicted octanol–water partition coefficient (Wildman–Crippen LogP) is 5.85. The van der Waals surface area contributed by atoms with Crippen LogP contribution in [0.2, 0.25) is 0 Å². The van der Waals surface area contributed by atoms with E-state index in [1.54, 1.807) is 30.3 Å². The Bertz CT molecular complexity index is 1220. The van der Waals surface area contributed by atoms with Crippen LogP contribution in [0.5, 0.6) is 0 Å². The number of Topliss-reactive ketones (excluding diaryl/α,β-unsaturated/α-hetero) is 1. The number of carbonyl (C=O) groups is 2. The molecule has 2 heterocycles. The van der Waals surface area contributed by atoms with E-state index < -0.39 is 17.5 Å². The number of ketones is 2. The molecule has 142 valence electrons. The Morgan fingerprint density at radius 2 is 1.57 bits per heavy atom. The molecular weight excluding hydrogens is 387 g/mol. The van der Waals surface area contributed by atoms with Crippen LogP contribution in [-0.2, 0) is 6.54 Å². The van der Waals surface area contributed by atoms with Crippen LogP contribution in [0.25, 0.3) is 21.8 Å². The molecule has 28 heavy (non-hydrogen) atoms. The molecule has 2 aromatic heterocycles. The van der Waals surface area contributed by atoms with Crippen LogP contribution in [0.4, 0.5) is 13.2 Å². The normalized spacial score (nSPS) is 12.0. The number of alkyl halides is 3. The maximum absolute atomic E-state index is 12.8. The molecule has 0 N–H and O–H groups in total. The minimum absolute atomic E-state index is 0.142. The third kappa shape index (κ3) is 2.92. The molecule has 0 amide bonds. The Hall–Kier alpha value is -2.93. The minimum Gasteiger partial charge on any atom is -0.341 e. The fourth-order valence-corrected chi connectivity index (χ4v) is 4.13. The molecule has 7 heteroatoms. The molecule has 0 radical (unpaired) electrons. The van der Waals surface area contributed by atoms with Crippen molar-refractivity contribution in [2.45, 2.75) is 19.6 Å². The smallest absolute Gasteiger partial charge is 0.341 e. The van der Waals surface area contributed by atoms with Gasteiger partial charge < -0.3 is 4.57 Å². The summed E-state index contributed by atoms with van der Waals surface area (Å²) in [6, 6.07) is 12.7. The summed E-state index contributed by atoms with van der Waals surface area (Å²) < 4.78 is 40.5. The molecule has 0 bridgehead atoms. The van der Waals surface area contributed by atoms with Gasteiger partial charge in [-0.2, -0.15) is 13.2 Å². The summed E-state index contributed by atoms with van der Waals surface area (Å²) in [6.07, 6.45) is -4.93. The highest BCUT2D eigenvalue weighted by atomic mass is 32.1. The van der Waals surface area contributed by atoms with Gasteiger partial charge in [-0.1, -0.05) is 6.07 Å². The maximum Gasteiger partial charge on any atom is 0.454 e. The first-order valence-corrected chi connectivity index (χ1v) is 9.45. The van der Waals surface area contributed by atoms with E-state index in [9.17, 15) is 22.8 Å². The topological polar surface area (TPSA) is 39.1 Å². The second-order valence-electron chi connectivity index (χ2n) is 6.34. The first-order valence-electron chi connectivity index (χ1n) is 8.57. The quantitative estimate of drug-likeness (QED) is 0.402. The number of hydrogen-bond acceptors (Lipinski definition) is 3. The number of fused-ring (bicyclic) bond motifs is 3. The van der Waals surface area contributed by atoms with Crippen LogP contribution in [-0.4, -0.2) is 22.3 Å². The van der Waals surface area contributed by atoms with E-state index in [0.717, 1.165) is 11.0 Å². The zero-order valence-electron chi connectivity index (χ0n) is 14.7. The van der Waals surface area contributed by atoms with Gasteiger partial charge in [-0.15, -0.1) is 11.3 Å². The van der Waals surface area contributed by atoms with E-state index in [0.29, 0.717) is 27.8 Å². The Morgan fingerprint density at radius 1 is 0.964 bits per heavy atom. The van der Waals surface area contributed by atoms with Gasteiger partial charge >= 0.3 is 6.18 Å². The van der Waals surface area contributed by atoms with Gasteiger partial charge in [0.25, 0.3) is 5.78 Å². The van der Waals surface area contributed by atoms with Crippen molar-refractivity contribution in [1.29, 1.82) is 0 Å². The van der Waals surface area contributed by atoms with Crippen LogP contribution >= 0.6 is 11.3 Å². The molecule has 4 aromatic rings. The third-order valence-corrected chi connectivity index (χ3v) is 5.58. The van der Waals surface area contributed by atoms with Gasteiger partial charge in [-0.3, -0.25) is 9.59 Å². The van der Waals surface area contributed by atoms with Gasteiger partial charge in [-0.05, 0) is 54.8 Å². The summed E-state index contributed by atoms with van der Waals surface area (Å²) in [4.78, 5) is 24.9. The van der Waals surface area contributed by atoms with Crippen LogP contribution in [0.15, 0.2) is 53.9 Å². The van der Waals surface area contributed by atoms with Crippen molar-refractivity contribution >= 4 is 44.7 Å². The molecule has 0 saturated carbocycles. The maximum atomic E-state index is 12.8. The molecule has 0 aliphatic heterocycles. The van der Waals surface area contributed by atoms with Crippen LogP contribution < -0.4 is 0 Å². The number of nitrogens with zero attached hydrogens (tertiary/aromatic N) is 1. The number of carbonyl (C=O) groups excluding carboxylic acids is 2. The van der Waals surface area contributed by atoms with Crippen LogP contribution in [0.1, 0.15) is 32.5 Å². The fraction of sp³-hybridized carbons (Fsp3) is 0.143. The number of hydrogen-bond donors (Lipinski definition) is 0. The molecule has 0 aliphatic rings. The molecule has 0 aliphatic carbocycles. The Morgan fingerprint density at radius 3 is 2.11 bits per heavy atom. The largest absolute Gasteiger partial charge is 0.454 e. The summed E-state index contributed by atoms with van der Waals surface area (Å²) in [6.45, 7) is 2.53. The molecular formula is C21H14F3NO2S. The molecule has 2 aromatic carbocycles. The summed E-state index contributed by atoms with van der Waals surface area (Å²) >= 11 is 1.33. The van der Waals surface area contributed by atoms with E-state index >= 15 is 0 Å². The fourth-order valence-electron chi connectivity index (χ4n) is 3.44. The van der Waals surface area contributed by atoms with Crippen LogP contribution in [0, 0.1) is 0 Å². The van der Waals surface area contributed by atoms with E-state index in [1.807, 2.05) is 16.9 Å². The Labute approximate surface area is 162 Å². The summed E-state index contributed by atoms with van der Waals surface area (Å²) in [5, 5.41) is 2.98. The van der Waals surface area contributed by atoms with Gasteiger partial charge in [0.05, 0.1) is 4.88 Å². The van der Waals surface area contributed by atoms with E-state index in [2.05, 4.69) is 0 Å². The molecule has 4 rings (SSSR count). The highest BCUT2D eigenvalue weighted by Gasteiger charge is 2.39. The van der Waals surface area contributed by atoms with E-state index in [1.165, 1.54) is 29.5 Å². The van der Waals surface area contributed by atoms with Crippen molar-refractivity contribution in [2.24, 2.45) is 0 Å². The highest BCUT2D eigenvalue weighted by molar-refractivity contribution is 7.12. The minimum atomic E-state index is -4.93. The van der Waals surface area contributed by atoms with Gasteiger partial charge in [0, 0.05) is 39.5 Å². The third-order valence-electron chi connectivity index (χ3n) is 4.71. The second-order valence-corrected chi connectivity index (χ2v) is 7.29. The van der Waals surface area contributed by atoms with Gasteiger partial charge in [0.15, 0.2) is 0 Å². The molecule has 0 atom stereocenters. The lowest BCUT2D eigenvalue weighted by Crippen LogP contribution is -2.22. The molecule has 0 spiro atoms. The van der Waals surface area contributed by atoms with Crippen molar-refractivity contribution in [3.8, 4) is 0 Å². The summed E-state index contributed by atoms with van der Waals surface area (Å²) in [7, 11) is 0. The summed E-state index contributed by atoms with van der Waals surface area (Å²) in [5.41, 5.74) is 1.57.